The van der Waals surface area contributed by atoms with Crippen molar-refractivity contribution in [3.63, 3.8) is 0 Å². The van der Waals surface area contributed by atoms with E-state index in [4.69, 9.17) is 0 Å². The van der Waals surface area contributed by atoms with Gasteiger partial charge in [0.05, 0.1) is 5.56 Å². The Morgan fingerprint density at radius 3 is 1.68 bits per heavy atom. The quantitative estimate of drug-likeness (QED) is 0.371. The Kier molecular flexibility index (Phi) is 2.80. The predicted octanol–water partition coefficient (Wildman–Crippen LogP) is 4.78. The molecule has 0 radical (unpaired) electrons. The zero-order chi connectivity index (χ0) is 16.6. The van der Waals surface area contributed by atoms with Gasteiger partial charge in [-0.15, -0.1) is 0 Å². The zero-order valence-electron chi connectivity index (χ0n) is 9.98. The van der Waals surface area contributed by atoms with Crippen molar-refractivity contribution in [2.45, 2.75) is 5.92 Å². The molecule has 2 aromatic carbocycles. The molecule has 0 aromatic heterocycles. The van der Waals surface area contributed by atoms with Crippen LogP contribution in [-0.4, -0.2) is 0 Å². The van der Waals surface area contributed by atoms with Gasteiger partial charge in [0.2, 0.25) is 0 Å². The van der Waals surface area contributed by atoms with E-state index in [1.165, 1.54) is 0 Å². The lowest BCUT2D eigenvalue weighted by atomic mass is 10.0. The van der Waals surface area contributed by atoms with Crippen LogP contribution in [0.4, 0.5) is 39.5 Å². The van der Waals surface area contributed by atoms with Crippen molar-refractivity contribution < 1.29 is 39.5 Å². The van der Waals surface area contributed by atoms with Gasteiger partial charge in [-0.3, -0.25) is 0 Å². The van der Waals surface area contributed by atoms with Crippen LogP contribution in [0.1, 0.15) is 11.1 Å². The van der Waals surface area contributed by atoms with E-state index in [1.807, 2.05) is 0 Å². The number of hydrogen-bond donors (Lipinski definition) is 0. The third-order valence-corrected chi connectivity index (χ3v) is 3.33. The Labute approximate surface area is 115 Å². The molecular formula is C13HF9. The molecule has 2 aromatic rings. The van der Waals surface area contributed by atoms with Gasteiger partial charge in [-0.2, -0.15) is 8.78 Å². The molecule has 0 heterocycles. The summed E-state index contributed by atoms with van der Waals surface area (Å²) in [7, 11) is 0. The van der Waals surface area contributed by atoms with Crippen LogP contribution in [0.5, 0.6) is 0 Å². The van der Waals surface area contributed by atoms with Crippen LogP contribution in [0.3, 0.4) is 0 Å². The molecule has 0 bridgehead atoms. The fourth-order valence-corrected chi connectivity index (χ4v) is 2.38. The van der Waals surface area contributed by atoms with Crippen LogP contribution in [0, 0.1) is 40.7 Å². The van der Waals surface area contributed by atoms with E-state index in [9.17, 15) is 39.5 Å². The second-order valence-corrected chi connectivity index (χ2v) is 4.49. The lowest BCUT2D eigenvalue weighted by Gasteiger charge is -2.13. The molecule has 0 aliphatic heterocycles. The van der Waals surface area contributed by atoms with Crippen LogP contribution in [0.2, 0.25) is 0 Å². The third kappa shape index (κ3) is 1.51. The number of benzene rings is 2. The van der Waals surface area contributed by atoms with Gasteiger partial charge in [0.25, 0.3) is 0 Å². The van der Waals surface area contributed by atoms with E-state index < -0.39 is 68.9 Å². The maximum Gasteiger partial charge on any atom is 0.302 e. The van der Waals surface area contributed by atoms with Gasteiger partial charge < -0.3 is 0 Å². The van der Waals surface area contributed by atoms with E-state index in [0.717, 1.165) is 0 Å². The standard InChI is InChI=1S/C13HF9/c14-3-1-2-4(8(16)7(3)15)5-6(13(2,21)22)10(18)12(20)11(19)9(5)17/h1H. The lowest BCUT2D eigenvalue weighted by Crippen LogP contribution is -2.16. The molecule has 0 saturated carbocycles. The van der Waals surface area contributed by atoms with Crippen molar-refractivity contribution in [1.82, 2.24) is 0 Å². The number of rotatable bonds is 0. The molecule has 22 heavy (non-hydrogen) atoms. The molecule has 0 nitrogen and oxygen atoms in total. The molecule has 9 heteroatoms. The molecule has 0 spiro atoms. The average molecular weight is 328 g/mol. The molecule has 0 atom stereocenters. The summed E-state index contributed by atoms with van der Waals surface area (Å²) in [5.74, 6) is -20.9. The van der Waals surface area contributed by atoms with E-state index in [2.05, 4.69) is 0 Å². The normalized spacial score (nSPS) is 15.0. The van der Waals surface area contributed by atoms with Gasteiger partial charge in [-0.1, -0.05) is 0 Å². The fourth-order valence-electron chi connectivity index (χ4n) is 2.38. The first-order valence-electron chi connectivity index (χ1n) is 5.53. The van der Waals surface area contributed by atoms with Gasteiger partial charge >= 0.3 is 5.92 Å². The number of hydrogen-bond acceptors (Lipinski definition) is 0. The molecule has 0 unspecified atom stereocenters. The second-order valence-electron chi connectivity index (χ2n) is 4.49. The Balaban J connectivity index is 2.58. The Morgan fingerprint density at radius 2 is 1.09 bits per heavy atom. The molecule has 0 N–H and O–H groups in total. The van der Waals surface area contributed by atoms with Gasteiger partial charge in [0, 0.05) is 16.7 Å². The highest BCUT2D eigenvalue weighted by molar-refractivity contribution is 5.81. The maximum absolute atomic E-state index is 14.0. The zero-order valence-corrected chi connectivity index (χ0v) is 9.98. The highest BCUT2D eigenvalue weighted by atomic mass is 19.3. The summed E-state index contributed by atoms with van der Waals surface area (Å²) in [5.41, 5.74) is -6.86. The summed E-state index contributed by atoms with van der Waals surface area (Å²) in [6.45, 7) is 0. The van der Waals surface area contributed by atoms with E-state index >= 15 is 0 Å². The van der Waals surface area contributed by atoms with Gasteiger partial charge in [0.1, 0.15) is 0 Å². The molecule has 1 aliphatic rings. The largest absolute Gasteiger partial charge is 0.302 e. The predicted molar refractivity (Wildman–Crippen MR) is 54.6 cm³/mol. The van der Waals surface area contributed by atoms with Crippen LogP contribution in [-0.2, 0) is 5.92 Å². The molecule has 0 fully saturated rings. The third-order valence-electron chi connectivity index (χ3n) is 3.33. The molecular weight excluding hydrogens is 327 g/mol. The molecule has 0 amide bonds. The Bertz CT molecular complexity index is 839. The van der Waals surface area contributed by atoms with Crippen molar-refractivity contribution in [3.05, 3.63) is 57.9 Å². The van der Waals surface area contributed by atoms with Crippen molar-refractivity contribution >= 4 is 0 Å². The van der Waals surface area contributed by atoms with Gasteiger partial charge in [-0.25, -0.2) is 30.7 Å². The molecule has 0 saturated heterocycles. The Hall–Kier alpha value is -2.19. The first-order valence-corrected chi connectivity index (χ1v) is 5.53. The van der Waals surface area contributed by atoms with Crippen molar-refractivity contribution in [1.29, 1.82) is 0 Å². The monoisotopic (exact) mass is 328 g/mol. The summed E-state index contributed by atoms with van der Waals surface area (Å²) in [6, 6.07) is -0.178. The second kappa shape index (κ2) is 4.17. The first kappa shape index (κ1) is 14.7. The van der Waals surface area contributed by atoms with Crippen molar-refractivity contribution in [2.24, 2.45) is 0 Å². The van der Waals surface area contributed by atoms with Gasteiger partial charge in [-0.05, 0) is 6.07 Å². The summed E-state index contributed by atoms with van der Waals surface area (Å²) in [4.78, 5) is 0. The molecule has 3 rings (SSSR count). The molecule has 1 aliphatic carbocycles. The van der Waals surface area contributed by atoms with Crippen LogP contribution in [0.15, 0.2) is 6.07 Å². The van der Waals surface area contributed by atoms with Gasteiger partial charge in [0.15, 0.2) is 40.7 Å². The van der Waals surface area contributed by atoms with Crippen LogP contribution in [0.25, 0.3) is 11.1 Å². The fraction of sp³-hybridized carbons (Fsp3) is 0.0769. The Morgan fingerprint density at radius 1 is 0.591 bits per heavy atom. The topological polar surface area (TPSA) is 0 Å². The number of alkyl halides is 2. The number of halogens is 9. The summed E-state index contributed by atoms with van der Waals surface area (Å²) in [6.07, 6.45) is 0. The smallest absolute Gasteiger partial charge is 0.204 e. The SMILES string of the molecule is Fc1cc2c(c(F)c1F)-c1c(F)c(F)c(F)c(F)c1C2(F)F. The summed E-state index contributed by atoms with van der Waals surface area (Å²) < 4.78 is 121. The highest BCUT2D eigenvalue weighted by Crippen LogP contribution is 2.55. The van der Waals surface area contributed by atoms with Crippen molar-refractivity contribution in [2.75, 3.05) is 0 Å². The minimum atomic E-state index is -4.57. The first-order chi connectivity index (χ1) is 10.1. The van der Waals surface area contributed by atoms with Crippen molar-refractivity contribution in [3.8, 4) is 11.1 Å². The van der Waals surface area contributed by atoms with Crippen LogP contribution < -0.4 is 0 Å². The minimum absolute atomic E-state index is 0.178. The number of fused-ring (bicyclic) bond motifs is 3. The highest BCUT2D eigenvalue weighted by Gasteiger charge is 2.52. The molecule has 116 valence electrons. The maximum atomic E-state index is 14.0. The van der Waals surface area contributed by atoms with E-state index in [0.29, 0.717) is 0 Å². The minimum Gasteiger partial charge on any atom is -0.204 e. The summed E-state index contributed by atoms with van der Waals surface area (Å²) >= 11 is 0. The average Bonchev–Trinajstić information content (AvgIpc) is 2.68. The van der Waals surface area contributed by atoms with Crippen LogP contribution >= 0.6 is 0 Å². The van der Waals surface area contributed by atoms with E-state index in [-0.39, 0.29) is 6.07 Å². The van der Waals surface area contributed by atoms with E-state index in [1.54, 1.807) is 0 Å². The lowest BCUT2D eigenvalue weighted by molar-refractivity contribution is 0.0424. The summed E-state index contributed by atoms with van der Waals surface area (Å²) in [5, 5.41) is 0.